The van der Waals surface area contributed by atoms with Crippen molar-refractivity contribution in [2.45, 2.75) is 37.8 Å². The molecule has 2 aliphatic rings. The minimum absolute atomic E-state index is 0.201. The van der Waals surface area contributed by atoms with Crippen molar-refractivity contribution in [1.29, 1.82) is 0 Å². The van der Waals surface area contributed by atoms with Crippen LogP contribution in [0.4, 0.5) is 4.79 Å². The average Bonchev–Trinajstić information content (AvgIpc) is 2.97. The summed E-state index contributed by atoms with van der Waals surface area (Å²) in [6.45, 7) is 1.91. The molecule has 156 valence electrons. The zero-order valence-electron chi connectivity index (χ0n) is 16.9. The summed E-state index contributed by atoms with van der Waals surface area (Å²) in [4.78, 5) is 39.0. The Bertz CT molecular complexity index is 962. The lowest BCUT2D eigenvalue weighted by Crippen LogP contribution is -2.46. The lowest BCUT2D eigenvalue weighted by Gasteiger charge is -2.27. The number of rotatable bonds is 6. The molecule has 2 aromatic rings. The number of carbonyl (C=O) groups excluding carboxylic acids is 3. The number of para-hydroxylation sites is 1. The van der Waals surface area contributed by atoms with Gasteiger partial charge < -0.3 is 15.4 Å². The highest BCUT2D eigenvalue weighted by Crippen LogP contribution is 2.31. The number of hydrogen-bond acceptors (Lipinski definition) is 4. The molecule has 2 atom stereocenters. The number of fused-ring (bicyclic) bond motifs is 1. The molecule has 4 amide bonds. The summed E-state index contributed by atoms with van der Waals surface area (Å²) in [5.74, 6) is 0.0102. The van der Waals surface area contributed by atoms with E-state index in [-0.39, 0.29) is 24.4 Å². The lowest BCUT2D eigenvalue weighted by atomic mass is 9.93. The first-order valence-electron chi connectivity index (χ1n) is 10.2. The van der Waals surface area contributed by atoms with Crippen LogP contribution in [0.5, 0.6) is 5.75 Å². The van der Waals surface area contributed by atoms with Crippen LogP contribution in [0, 0.1) is 0 Å². The number of nitrogens with one attached hydrogen (secondary N) is 2. The number of ether oxygens (including phenoxy) is 1. The fourth-order valence-corrected chi connectivity index (χ4v) is 3.97. The van der Waals surface area contributed by atoms with Crippen LogP contribution >= 0.6 is 0 Å². The number of hydrogen-bond donors (Lipinski definition) is 2. The van der Waals surface area contributed by atoms with Gasteiger partial charge in [-0.05, 0) is 31.4 Å². The standard InChI is InChI=1S/C23H25N3O4/c1-23(13-11-16-7-3-2-4-8-16)21(28)26(22(29)25-23)15-20(27)24-18-12-14-30-19-10-6-5-9-17(18)19/h2-10,18H,11-15H2,1H3,(H,24,27)(H,25,29)/t18-,23+/m0/s1. The number of urea groups is 1. The van der Waals surface area contributed by atoms with Crippen LogP contribution in [0.15, 0.2) is 54.6 Å². The van der Waals surface area contributed by atoms with Crippen LogP contribution in [0.3, 0.4) is 0 Å². The first kappa shape index (κ1) is 19.9. The highest BCUT2D eigenvalue weighted by Gasteiger charge is 2.48. The number of benzene rings is 2. The largest absolute Gasteiger partial charge is 0.493 e. The Morgan fingerprint density at radius 1 is 1.17 bits per heavy atom. The minimum Gasteiger partial charge on any atom is -0.493 e. The quantitative estimate of drug-likeness (QED) is 0.721. The molecule has 0 aromatic heterocycles. The molecule has 1 saturated heterocycles. The van der Waals surface area contributed by atoms with Gasteiger partial charge in [0, 0.05) is 12.0 Å². The van der Waals surface area contributed by atoms with Crippen molar-refractivity contribution in [2.75, 3.05) is 13.2 Å². The fraction of sp³-hybridized carbons (Fsp3) is 0.348. The first-order chi connectivity index (χ1) is 14.5. The summed E-state index contributed by atoms with van der Waals surface area (Å²) in [6.07, 6.45) is 1.76. The summed E-state index contributed by atoms with van der Waals surface area (Å²) >= 11 is 0. The van der Waals surface area contributed by atoms with Gasteiger partial charge in [0.25, 0.3) is 5.91 Å². The third kappa shape index (κ3) is 4.01. The highest BCUT2D eigenvalue weighted by atomic mass is 16.5. The van der Waals surface area contributed by atoms with Crippen molar-refractivity contribution in [3.05, 3.63) is 65.7 Å². The van der Waals surface area contributed by atoms with E-state index >= 15 is 0 Å². The molecule has 7 heteroatoms. The highest BCUT2D eigenvalue weighted by molar-refractivity contribution is 6.08. The van der Waals surface area contributed by atoms with E-state index in [1.54, 1.807) is 6.92 Å². The molecular formula is C23H25N3O4. The molecule has 0 radical (unpaired) electrons. The second kappa shape index (κ2) is 8.18. The van der Waals surface area contributed by atoms with Gasteiger partial charge >= 0.3 is 6.03 Å². The molecule has 30 heavy (non-hydrogen) atoms. The van der Waals surface area contributed by atoms with Gasteiger partial charge in [-0.15, -0.1) is 0 Å². The second-order valence-corrected chi connectivity index (χ2v) is 7.93. The van der Waals surface area contributed by atoms with Gasteiger partial charge in [-0.1, -0.05) is 48.5 Å². The summed E-state index contributed by atoms with van der Waals surface area (Å²) in [5, 5.41) is 5.70. The molecule has 7 nitrogen and oxygen atoms in total. The third-order valence-corrected chi connectivity index (χ3v) is 5.70. The van der Waals surface area contributed by atoms with Gasteiger partial charge in [-0.25, -0.2) is 4.79 Å². The van der Waals surface area contributed by atoms with Crippen molar-refractivity contribution < 1.29 is 19.1 Å². The summed E-state index contributed by atoms with van der Waals surface area (Å²) < 4.78 is 5.61. The first-order valence-corrected chi connectivity index (χ1v) is 10.2. The summed E-state index contributed by atoms with van der Waals surface area (Å²) in [6, 6.07) is 16.6. The van der Waals surface area contributed by atoms with Crippen LogP contribution in [0.25, 0.3) is 0 Å². The van der Waals surface area contributed by atoms with Gasteiger partial charge in [0.05, 0.1) is 12.6 Å². The van der Waals surface area contributed by atoms with Gasteiger partial charge in [-0.3, -0.25) is 14.5 Å². The maximum atomic E-state index is 12.9. The Labute approximate surface area is 175 Å². The van der Waals surface area contributed by atoms with Crippen molar-refractivity contribution in [1.82, 2.24) is 15.5 Å². The predicted molar refractivity (Wildman–Crippen MR) is 111 cm³/mol. The Morgan fingerprint density at radius 2 is 1.90 bits per heavy atom. The van der Waals surface area contributed by atoms with E-state index in [9.17, 15) is 14.4 Å². The summed E-state index contributed by atoms with van der Waals surface area (Å²) in [7, 11) is 0. The summed E-state index contributed by atoms with van der Waals surface area (Å²) in [5.41, 5.74) is 0.982. The Morgan fingerprint density at radius 3 is 2.70 bits per heavy atom. The van der Waals surface area contributed by atoms with Crippen LogP contribution in [0.2, 0.25) is 0 Å². The molecule has 2 N–H and O–H groups in total. The van der Waals surface area contributed by atoms with Gasteiger partial charge in [0.1, 0.15) is 17.8 Å². The number of aryl methyl sites for hydroxylation is 1. The normalized spacial score (nSPS) is 22.8. The Balaban J connectivity index is 1.38. The number of carbonyl (C=O) groups is 3. The Hall–Kier alpha value is -3.35. The number of nitrogens with zero attached hydrogens (tertiary/aromatic N) is 1. The topological polar surface area (TPSA) is 87.7 Å². The molecular weight excluding hydrogens is 382 g/mol. The van der Waals surface area contributed by atoms with Crippen LogP contribution in [-0.2, 0) is 16.0 Å². The second-order valence-electron chi connectivity index (χ2n) is 7.93. The van der Waals surface area contributed by atoms with E-state index in [0.717, 1.165) is 21.8 Å². The molecule has 1 fully saturated rings. The maximum Gasteiger partial charge on any atom is 0.325 e. The van der Waals surface area contributed by atoms with Gasteiger partial charge in [0.2, 0.25) is 5.91 Å². The lowest BCUT2D eigenvalue weighted by molar-refractivity contribution is -0.135. The van der Waals surface area contributed by atoms with Gasteiger partial charge in [-0.2, -0.15) is 0 Å². The zero-order valence-corrected chi connectivity index (χ0v) is 16.9. The monoisotopic (exact) mass is 407 g/mol. The number of imide groups is 1. The SMILES string of the molecule is C[C@]1(CCc2ccccc2)NC(=O)N(CC(=O)N[C@H]2CCOc3ccccc32)C1=O. The predicted octanol–water partition coefficient (Wildman–Crippen LogP) is 2.57. The molecule has 2 aliphatic heterocycles. The van der Waals surface area contributed by atoms with E-state index in [1.807, 2.05) is 54.6 Å². The molecule has 0 spiro atoms. The van der Waals surface area contributed by atoms with Crippen molar-refractivity contribution in [3.8, 4) is 5.75 Å². The number of amides is 4. The molecule has 2 aromatic carbocycles. The molecule has 0 bridgehead atoms. The Kier molecular flexibility index (Phi) is 5.44. The minimum atomic E-state index is -1.02. The molecule has 0 saturated carbocycles. The van der Waals surface area contributed by atoms with Crippen molar-refractivity contribution in [2.24, 2.45) is 0 Å². The van der Waals surface area contributed by atoms with Crippen molar-refractivity contribution >= 4 is 17.8 Å². The molecule has 4 rings (SSSR count). The average molecular weight is 407 g/mol. The maximum absolute atomic E-state index is 12.9. The van der Waals surface area contributed by atoms with Crippen LogP contribution in [0.1, 0.15) is 36.9 Å². The van der Waals surface area contributed by atoms with E-state index in [4.69, 9.17) is 4.74 Å². The zero-order chi connectivity index (χ0) is 21.1. The van der Waals surface area contributed by atoms with E-state index in [2.05, 4.69) is 10.6 Å². The van der Waals surface area contributed by atoms with E-state index in [1.165, 1.54) is 0 Å². The van der Waals surface area contributed by atoms with Gasteiger partial charge in [0.15, 0.2) is 0 Å². The van der Waals surface area contributed by atoms with E-state index in [0.29, 0.717) is 25.9 Å². The molecule has 0 unspecified atom stereocenters. The molecule has 0 aliphatic carbocycles. The molecule has 2 heterocycles. The van der Waals surface area contributed by atoms with Crippen LogP contribution in [-0.4, -0.2) is 41.4 Å². The van der Waals surface area contributed by atoms with E-state index < -0.39 is 11.6 Å². The smallest absolute Gasteiger partial charge is 0.325 e. The van der Waals surface area contributed by atoms with Crippen molar-refractivity contribution in [3.63, 3.8) is 0 Å². The third-order valence-electron chi connectivity index (χ3n) is 5.70. The fourth-order valence-electron chi connectivity index (χ4n) is 3.97. The van der Waals surface area contributed by atoms with Crippen LogP contribution < -0.4 is 15.4 Å².